The van der Waals surface area contributed by atoms with Crippen LogP contribution in [0.2, 0.25) is 0 Å². The van der Waals surface area contributed by atoms with Gasteiger partial charge in [0.2, 0.25) is 5.91 Å². The molecule has 4 nitrogen and oxygen atoms in total. The van der Waals surface area contributed by atoms with E-state index in [1.165, 1.54) is 6.42 Å². The highest BCUT2D eigenvalue weighted by Gasteiger charge is 2.29. The molecule has 0 saturated heterocycles. The quantitative estimate of drug-likeness (QED) is 0.867. The van der Waals surface area contributed by atoms with Gasteiger partial charge in [-0.05, 0) is 30.5 Å². The lowest BCUT2D eigenvalue weighted by molar-refractivity contribution is -0.122. The molecule has 0 aliphatic heterocycles. The number of carbonyl (C=O) groups excluding carboxylic acids is 1. The second kappa shape index (κ2) is 6.75. The first-order valence-electron chi connectivity index (χ1n) is 7.30. The number of nitrogens with one attached hydrogen (secondary N) is 1. The molecule has 0 atom stereocenters. The molecule has 0 aromatic heterocycles. The molecule has 1 aliphatic carbocycles. The summed E-state index contributed by atoms with van der Waals surface area (Å²) < 4.78 is 5.17. The number of hydrogen-bond donors (Lipinski definition) is 2. The van der Waals surface area contributed by atoms with Gasteiger partial charge >= 0.3 is 0 Å². The molecular weight excluding hydrogens is 252 g/mol. The van der Waals surface area contributed by atoms with Gasteiger partial charge in [0.15, 0.2) is 0 Å². The molecule has 0 heterocycles. The Morgan fingerprint density at radius 2 is 2.10 bits per heavy atom. The Morgan fingerprint density at radius 1 is 1.35 bits per heavy atom. The van der Waals surface area contributed by atoms with Crippen molar-refractivity contribution >= 4 is 5.91 Å². The zero-order valence-corrected chi connectivity index (χ0v) is 12.2. The van der Waals surface area contributed by atoms with E-state index in [0.29, 0.717) is 13.0 Å². The molecule has 1 aliphatic rings. The zero-order valence-electron chi connectivity index (χ0n) is 12.2. The average molecular weight is 276 g/mol. The maximum atomic E-state index is 12.0. The highest BCUT2D eigenvalue weighted by Crippen LogP contribution is 2.28. The van der Waals surface area contributed by atoms with Gasteiger partial charge in [0.05, 0.1) is 7.11 Å². The van der Waals surface area contributed by atoms with E-state index in [-0.39, 0.29) is 11.4 Å². The van der Waals surface area contributed by atoms with Crippen LogP contribution in [-0.4, -0.2) is 18.6 Å². The third-order valence-corrected chi connectivity index (χ3v) is 3.99. The van der Waals surface area contributed by atoms with Crippen molar-refractivity contribution in [3.05, 3.63) is 29.8 Å². The van der Waals surface area contributed by atoms with Gasteiger partial charge in [0.1, 0.15) is 5.75 Å². The van der Waals surface area contributed by atoms with E-state index in [9.17, 15) is 4.79 Å². The Morgan fingerprint density at radius 3 is 2.80 bits per heavy atom. The molecule has 2 rings (SSSR count). The monoisotopic (exact) mass is 276 g/mol. The van der Waals surface area contributed by atoms with Crippen molar-refractivity contribution < 1.29 is 9.53 Å². The third-order valence-electron chi connectivity index (χ3n) is 3.99. The van der Waals surface area contributed by atoms with Crippen LogP contribution in [0, 0.1) is 0 Å². The van der Waals surface area contributed by atoms with Crippen molar-refractivity contribution in [1.29, 1.82) is 0 Å². The van der Waals surface area contributed by atoms with Crippen molar-refractivity contribution in [3.8, 4) is 5.75 Å². The van der Waals surface area contributed by atoms with E-state index in [4.69, 9.17) is 10.5 Å². The molecule has 1 saturated carbocycles. The summed E-state index contributed by atoms with van der Waals surface area (Å²) in [6, 6.07) is 7.72. The van der Waals surface area contributed by atoms with Crippen molar-refractivity contribution in [2.75, 3.05) is 7.11 Å². The number of nitrogens with two attached hydrogens (primary N) is 1. The molecule has 0 spiro atoms. The molecule has 0 unspecified atom stereocenters. The smallest absolute Gasteiger partial charge is 0.222 e. The first-order chi connectivity index (χ1) is 9.61. The van der Waals surface area contributed by atoms with Gasteiger partial charge in [0.25, 0.3) is 0 Å². The summed E-state index contributed by atoms with van der Waals surface area (Å²) in [7, 11) is 1.64. The number of methoxy groups -OCH3 is 1. The molecule has 0 bridgehead atoms. The summed E-state index contributed by atoms with van der Waals surface area (Å²) in [5, 5.41) is 2.95. The van der Waals surface area contributed by atoms with E-state index in [2.05, 4.69) is 5.32 Å². The Hall–Kier alpha value is -1.55. The molecule has 4 heteroatoms. The van der Waals surface area contributed by atoms with E-state index in [1.807, 2.05) is 24.3 Å². The van der Waals surface area contributed by atoms with Crippen LogP contribution in [-0.2, 0) is 11.3 Å². The largest absolute Gasteiger partial charge is 0.497 e. The normalized spacial score (nSPS) is 17.5. The molecule has 1 aromatic carbocycles. The summed E-state index contributed by atoms with van der Waals surface area (Å²) in [4.78, 5) is 12.0. The maximum Gasteiger partial charge on any atom is 0.222 e. The molecule has 3 N–H and O–H groups in total. The number of rotatable bonds is 5. The average Bonchev–Trinajstić information content (AvgIpc) is 2.45. The number of amides is 1. The highest BCUT2D eigenvalue weighted by molar-refractivity contribution is 5.77. The van der Waals surface area contributed by atoms with Gasteiger partial charge in [-0.3, -0.25) is 4.79 Å². The van der Waals surface area contributed by atoms with Gasteiger partial charge in [0, 0.05) is 18.5 Å². The molecule has 1 amide bonds. The van der Waals surface area contributed by atoms with Crippen LogP contribution in [0.3, 0.4) is 0 Å². The lowest BCUT2D eigenvalue weighted by Crippen LogP contribution is -2.45. The van der Waals surface area contributed by atoms with Crippen LogP contribution in [0.5, 0.6) is 5.75 Å². The minimum Gasteiger partial charge on any atom is -0.497 e. The van der Waals surface area contributed by atoms with Crippen LogP contribution >= 0.6 is 0 Å². The minimum atomic E-state index is -0.295. The third kappa shape index (κ3) is 4.23. The standard InChI is InChI=1S/C16H24N2O2/c1-20-14-7-5-6-13(10-14)12-18-15(19)11-16(17)8-3-2-4-9-16/h5-7,10H,2-4,8-9,11-12,17H2,1H3,(H,18,19). The predicted molar refractivity (Wildman–Crippen MR) is 79.5 cm³/mol. The zero-order chi connectivity index (χ0) is 14.4. The van der Waals surface area contributed by atoms with Gasteiger partial charge in [-0.1, -0.05) is 31.4 Å². The number of ether oxygens (including phenoxy) is 1. The van der Waals surface area contributed by atoms with Crippen LogP contribution in [0.4, 0.5) is 0 Å². The summed E-state index contributed by atoms with van der Waals surface area (Å²) in [5.74, 6) is 0.844. The number of carbonyl (C=O) groups is 1. The first-order valence-corrected chi connectivity index (χ1v) is 7.30. The summed E-state index contributed by atoms with van der Waals surface area (Å²) in [6.45, 7) is 0.520. The van der Waals surface area contributed by atoms with Crippen molar-refractivity contribution in [2.45, 2.75) is 50.6 Å². The van der Waals surface area contributed by atoms with E-state index >= 15 is 0 Å². The van der Waals surface area contributed by atoms with E-state index < -0.39 is 0 Å². The Kier molecular flexibility index (Phi) is 5.01. The lowest BCUT2D eigenvalue weighted by atomic mass is 9.80. The predicted octanol–water partition coefficient (Wildman–Crippen LogP) is 2.36. The maximum absolute atomic E-state index is 12.0. The topological polar surface area (TPSA) is 64.3 Å². The minimum absolute atomic E-state index is 0.0391. The van der Waals surface area contributed by atoms with Gasteiger partial charge in [-0.2, -0.15) is 0 Å². The summed E-state index contributed by atoms with van der Waals surface area (Å²) >= 11 is 0. The fourth-order valence-electron chi connectivity index (χ4n) is 2.80. The van der Waals surface area contributed by atoms with Crippen LogP contribution < -0.4 is 15.8 Å². The second-order valence-corrected chi connectivity index (χ2v) is 5.73. The molecule has 1 aromatic rings. The number of hydrogen-bond acceptors (Lipinski definition) is 3. The van der Waals surface area contributed by atoms with Crippen LogP contribution in [0.1, 0.15) is 44.1 Å². The number of benzene rings is 1. The van der Waals surface area contributed by atoms with Crippen molar-refractivity contribution in [2.24, 2.45) is 5.73 Å². The highest BCUT2D eigenvalue weighted by atomic mass is 16.5. The summed E-state index contributed by atoms with van der Waals surface area (Å²) in [5.41, 5.74) is 7.03. The Bertz CT molecular complexity index is 454. The van der Waals surface area contributed by atoms with Gasteiger partial charge < -0.3 is 15.8 Å². The molecular formula is C16H24N2O2. The van der Waals surface area contributed by atoms with Crippen LogP contribution in [0.15, 0.2) is 24.3 Å². The van der Waals surface area contributed by atoms with E-state index in [0.717, 1.165) is 37.0 Å². The lowest BCUT2D eigenvalue weighted by Gasteiger charge is -2.32. The summed E-state index contributed by atoms with van der Waals surface area (Å²) in [6.07, 6.45) is 5.86. The fraction of sp³-hybridized carbons (Fsp3) is 0.562. The van der Waals surface area contributed by atoms with Crippen LogP contribution in [0.25, 0.3) is 0 Å². The SMILES string of the molecule is COc1cccc(CNC(=O)CC2(N)CCCCC2)c1. The van der Waals surface area contributed by atoms with E-state index in [1.54, 1.807) is 7.11 Å². The Balaban J connectivity index is 1.82. The van der Waals surface area contributed by atoms with Crippen molar-refractivity contribution in [1.82, 2.24) is 5.32 Å². The molecule has 110 valence electrons. The molecule has 1 fully saturated rings. The molecule has 20 heavy (non-hydrogen) atoms. The van der Waals surface area contributed by atoms with Gasteiger partial charge in [-0.25, -0.2) is 0 Å². The first kappa shape index (κ1) is 14.9. The van der Waals surface area contributed by atoms with Crippen molar-refractivity contribution in [3.63, 3.8) is 0 Å². The molecule has 0 radical (unpaired) electrons. The van der Waals surface area contributed by atoms with Gasteiger partial charge in [-0.15, -0.1) is 0 Å². The Labute approximate surface area is 120 Å². The second-order valence-electron chi connectivity index (χ2n) is 5.73. The fourth-order valence-corrected chi connectivity index (χ4v) is 2.80.